The quantitative estimate of drug-likeness (QED) is 0.752. The fourth-order valence-electron chi connectivity index (χ4n) is 1.87. The maximum Gasteiger partial charge on any atom is 0.427 e. The Kier molecular flexibility index (Phi) is 3.95. The van der Waals surface area contributed by atoms with Crippen LogP contribution in [-0.4, -0.2) is 11.1 Å². The molecule has 23 heavy (non-hydrogen) atoms. The molecule has 9 heteroatoms. The molecule has 0 saturated heterocycles. The van der Waals surface area contributed by atoms with Crippen LogP contribution in [0, 0.1) is 0 Å². The van der Waals surface area contributed by atoms with Crippen molar-refractivity contribution in [2.24, 2.45) is 0 Å². The first-order valence-corrected chi connectivity index (χ1v) is 7.17. The number of halogens is 3. The van der Waals surface area contributed by atoms with Crippen LogP contribution in [0.4, 0.5) is 23.1 Å². The van der Waals surface area contributed by atoms with Crippen LogP contribution >= 0.6 is 11.3 Å². The van der Waals surface area contributed by atoms with Crippen LogP contribution in [0.1, 0.15) is 10.4 Å². The summed E-state index contributed by atoms with van der Waals surface area (Å²) in [6.45, 7) is -0.0691. The smallest absolute Gasteiger partial charge is 0.427 e. The molecule has 0 aliphatic carbocycles. The zero-order chi connectivity index (χ0) is 16.4. The summed E-state index contributed by atoms with van der Waals surface area (Å²) in [7, 11) is 0. The number of alkyl halides is 3. The van der Waals surface area contributed by atoms with Gasteiger partial charge in [0.15, 0.2) is 5.13 Å². The molecule has 3 rings (SSSR count). The van der Waals surface area contributed by atoms with E-state index in [1.807, 2.05) is 18.2 Å². The fourth-order valence-corrected chi connectivity index (χ4v) is 2.54. The molecule has 5 nitrogen and oxygen atoms in total. The minimum absolute atomic E-state index is 0.0691. The summed E-state index contributed by atoms with van der Waals surface area (Å²) in [4.78, 5) is 14.2. The van der Waals surface area contributed by atoms with Gasteiger partial charge in [-0.15, -0.1) is 0 Å². The predicted molar refractivity (Wildman–Crippen MR) is 77.1 cm³/mol. The lowest BCUT2D eigenvalue weighted by atomic mass is 10.2. The molecule has 0 bridgehead atoms. The number of nitrogens with zero attached hydrogens (tertiary/aromatic N) is 1. The first-order valence-electron chi connectivity index (χ1n) is 6.35. The molecule has 2 heterocycles. The number of furan rings is 1. The molecule has 0 aliphatic rings. The second-order valence-corrected chi connectivity index (χ2v) is 5.52. The number of anilines is 1. The molecule has 2 aromatic heterocycles. The number of thiazole rings is 1. The Bertz CT molecular complexity index is 841. The average molecular weight is 342 g/mol. The molecule has 0 unspecified atom stereocenters. The highest BCUT2D eigenvalue weighted by Gasteiger charge is 2.33. The van der Waals surface area contributed by atoms with Gasteiger partial charge < -0.3 is 9.15 Å². The Hall–Kier alpha value is -2.55. The first kappa shape index (κ1) is 15.3. The van der Waals surface area contributed by atoms with E-state index in [1.54, 1.807) is 6.07 Å². The third-order valence-corrected chi connectivity index (χ3v) is 3.87. The normalized spacial score (nSPS) is 11.6. The minimum Gasteiger partial charge on any atom is -0.464 e. The van der Waals surface area contributed by atoms with Crippen molar-refractivity contribution in [3.63, 3.8) is 0 Å². The summed E-state index contributed by atoms with van der Waals surface area (Å²) < 4.78 is 47.6. The molecular weight excluding hydrogens is 333 g/mol. The van der Waals surface area contributed by atoms with Gasteiger partial charge >= 0.3 is 12.3 Å². The molecule has 1 amide bonds. The molecule has 0 atom stereocenters. The van der Waals surface area contributed by atoms with Crippen LogP contribution in [0.5, 0.6) is 0 Å². The van der Waals surface area contributed by atoms with E-state index in [0.717, 1.165) is 5.39 Å². The highest BCUT2D eigenvalue weighted by atomic mass is 32.1. The summed E-state index contributed by atoms with van der Waals surface area (Å²) in [5.74, 6) is 0. The van der Waals surface area contributed by atoms with Gasteiger partial charge in [0.1, 0.15) is 17.1 Å². The second kappa shape index (κ2) is 5.92. The topological polar surface area (TPSA) is 64.4 Å². The molecule has 120 valence electrons. The summed E-state index contributed by atoms with van der Waals surface area (Å²) in [6, 6.07) is 7.21. The van der Waals surface area contributed by atoms with Crippen molar-refractivity contribution in [1.82, 2.24) is 4.98 Å². The third kappa shape index (κ3) is 3.45. The van der Waals surface area contributed by atoms with Gasteiger partial charge in [-0.05, 0) is 6.07 Å². The third-order valence-electron chi connectivity index (χ3n) is 2.91. The largest absolute Gasteiger partial charge is 0.464 e. The standard InChI is InChI=1S/C14H9F3N2O3S/c15-14(16,17)11-5-18-12(23-11)19-13(20)22-7-8-6-21-10-4-2-1-3-9(8)10/h1-6H,7H2,(H,18,19,20). The highest BCUT2D eigenvalue weighted by molar-refractivity contribution is 7.15. The van der Waals surface area contributed by atoms with E-state index in [-0.39, 0.29) is 11.7 Å². The number of hydrogen-bond donors (Lipinski definition) is 1. The SMILES string of the molecule is O=C(Nc1ncc(C(F)(F)F)s1)OCc1coc2ccccc12. The summed E-state index contributed by atoms with van der Waals surface area (Å²) in [6.07, 6.45) is -3.26. The molecule has 1 N–H and O–H groups in total. The number of carbonyl (C=O) groups is 1. The first-order chi connectivity index (χ1) is 10.9. The van der Waals surface area contributed by atoms with E-state index in [1.165, 1.54) is 6.26 Å². The van der Waals surface area contributed by atoms with Gasteiger partial charge in [0.25, 0.3) is 0 Å². The number of amides is 1. The van der Waals surface area contributed by atoms with Gasteiger partial charge in [-0.2, -0.15) is 13.2 Å². The van der Waals surface area contributed by atoms with E-state index in [0.29, 0.717) is 28.7 Å². The zero-order valence-corrected chi connectivity index (χ0v) is 12.2. The van der Waals surface area contributed by atoms with Crippen LogP contribution < -0.4 is 5.32 Å². The number of hydrogen-bond acceptors (Lipinski definition) is 5. The summed E-state index contributed by atoms with van der Waals surface area (Å²) in [5.41, 5.74) is 1.31. The minimum atomic E-state index is -4.49. The van der Waals surface area contributed by atoms with Crippen LogP contribution in [0.25, 0.3) is 11.0 Å². The average Bonchev–Trinajstić information content (AvgIpc) is 3.11. The van der Waals surface area contributed by atoms with Gasteiger partial charge in [-0.1, -0.05) is 29.5 Å². The van der Waals surface area contributed by atoms with E-state index >= 15 is 0 Å². The van der Waals surface area contributed by atoms with Crippen LogP contribution in [0.2, 0.25) is 0 Å². The van der Waals surface area contributed by atoms with Crippen LogP contribution in [0.3, 0.4) is 0 Å². The molecule has 3 aromatic rings. The maximum atomic E-state index is 12.4. The maximum absolute atomic E-state index is 12.4. The number of aromatic nitrogens is 1. The predicted octanol–water partition coefficient (Wildman–Crippen LogP) is 4.66. The second-order valence-electron chi connectivity index (χ2n) is 4.49. The Labute approximate surface area is 131 Å². The lowest BCUT2D eigenvalue weighted by Crippen LogP contribution is -2.13. The number of benzene rings is 1. The van der Waals surface area contributed by atoms with Gasteiger partial charge in [-0.3, -0.25) is 5.32 Å². The van der Waals surface area contributed by atoms with Crippen molar-refractivity contribution in [3.8, 4) is 0 Å². The lowest BCUT2D eigenvalue weighted by molar-refractivity contribution is -0.134. The van der Waals surface area contributed by atoms with Crippen molar-refractivity contribution < 1.29 is 27.1 Å². The number of rotatable bonds is 3. The lowest BCUT2D eigenvalue weighted by Gasteiger charge is -2.03. The Morgan fingerprint density at radius 3 is 2.87 bits per heavy atom. The number of para-hydroxylation sites is 1. The Balaban J connectivity index is 1.60. The van der Waals surface area contributed by atoms with Crippen molar-refractivity contribution in [3.05, 3.63) is 47.2 Å². The Morgan fingerprint density at radius 2 is 2.13 bits per heavy atom. The number of fused-ring (bicyclic) bond motifs is 1. The van der Waals surface area contributed by atoms with E-state index in [9.17, 15) is 18.0 Å². The van der Waals surface area contributed by atoms with Gasteiger partial charge in [0.2, 0.25) is 0 Å². The monoisotopic (exact) mass is 342 g/mol. The van der Waals surface area contributed by atoms with Gasteiger partial charge in [-0.25, -0.2) is 9.78 Å². The van der Waals surface area contributed by atoms with Crippen LogP contribution in [-0.2, 0) is 17.5 Å². The zero-order valence-electron chi connectivity index (χ0n) is 11.4. The molecule has 1 aromatic carbocycles. The van der Waals surface area contributed by atoms with E-state index in [4.69, 9.17) is 9.15 Å². The van der Waals surface area contributed by atoms with E-state index in [2.05, 4.69) is 10.3 Å². The molecule has 0 saturated carbocycles. The van der Waals surface area contributed by atoms with Gasteiger partial charge in [0.05, 0.1) is 12.5 Å². The highest BCUT2D eigenvalue weighted by Crippen LogP contribution is 2.35. The van der Waals surface area contributed by atoms with Crippen molar-refractivity contribution in [1.29, 1.82) is 0 Å². The molecule has 0 radical (unpaired) electrons. The van der Waals surface area contributed by atoms with E-state index < -0.39 is 17.1 Å². The van der Waals surface area contributed by atoms with Gasteiger partial charge in [0, 0.05) is 10.9 Å². The Morgan fingerprint density at radius 1 is 1.35 bits per heavy atom. The van der Waals surface area contributed by atoms with Crippen molar-refractivity contribution in [2.45, 2.75) is 12.8 Å². The summed E-state index contributed by atoms with van der Waals surface area (Å²) in [5, 5.41) is 2.78. The number of ether oxygens (including phenoxy) is 1. The number of nitrogens with one attached hydrogen (secondary N) is 1. The van der Waals surface area contributed by atoms with Crippen molar-refractivity contribution >= 4 is 33.5 Å². The molecule has 0 fully saturated rings. The summed E-state index contributed by atoms with van der Waals surface area (Å²) >= 11 is 0.327. The fraction of sp³-hybridized carbons (Fsp3) is 0.143. The molecule has 0 aliphatic heterocycles. The molecule has 0 spiro atoms. The van der Waals surface area contributed by atoms with Crippen LogP contribution in [0.15, 0.2) is 41.1 Å². The molecular formula is C14H9F3N2O3S. The van der Waals surface area contributed by atoms with Crippen molar-refractivity contribution in [2.75, 3.05) is 5.32 Å². The number of carbonyl (C=O) groups excluding carboxylic acids is 1.